The molecule has 21 heavy (non-hydrogen) atoms. The third-order valence-corrected chi connectivity index (χ3v) is 4.24. The van der Waals surface area contributed by atoms with E-state index >= 15 is 0 Å². The largest absolute Gasteiger partial charge is 0.330 e. The van der Waals surface area contributed by atoms with Crippen molar-refractivity contribution >= 4 is 17.5 Å². The van der Waals surface area contributed by atoms with Crippen LogP contribution in [-0.4, -0.2) is 23.9 Å². The number of amides is 1. The van der Waals surface area contributed by atoms with Gasteiger partial charge in [0, 0.05) is 23.7 Å². The van der Waals surface area contributed by atoms with E-state index in [9.17, 15) is 4.79 Å². The standard InChI is InChI=1S/C17H17ClN2O/c18-14-7-5-13(6-8-14)17(21)20-10-9-12-3-1-2-4-15(12)16(20)11-19/h1-8,16H,9-11,19H2. The molecule has 3 nitrogen and oxygen atoms in total. The lowest BCUT2D eigenvalue weighted by atomic mass is 9.92. The molecular formula is C17H17ClN2O. The van der Waals surface area contributed by atoms with Gasteiger partial charge in [-0.05, 0) is 41.8 Å². The molecule has 108 valence electrons. The zero-order chi connectivity index (χ0) is 14.8. The summed E-state index contributed by atoms with van der Waals surface area (Å²) in [5.74, 6) is 0.0108. The van der Waals surface area contributed by atoms with Crippen LogP contribution in [-0.2, 0) is 6.42 Å². The third-order valence-electron chi connectivity index (χ3n) is 3.99. The van der Waals surface area contributed by atoms with Crippen LogP contribution in [0.5, 0.6) is 0 Å². The fourth-order valence-electron chi connectivity index (χ4n) is 2.91. The summed E-state index contributed by atoms with van der Waals surface area (Å²) in [5.41, 5.74) is 9.03. The van der Waals surface area contributed by atoms with E-state index in [1.165, 1.54) is 5.56 Å². The van der Waals surface area contributed by atoms with E-state index in [-0.39, 0.29) is 11.9 Å². The van der Waals surface area contributed by atoms with Crippen LogP contribution in [0.25, 0.3) is 0 Å². The molecule has 1 atom stereocenters. The number of hydrogen-bond donors (Lipinski definition) is 1. The zero-order valence-corrected chi connectivity index (χ0v) is 12.4. The molecule has 0 saturated carbocycles. The van der Waals surface area contributed by atoms with Crippen molar-refractivity contribution < 1.29 is 4.79 Å². The first kappa shape index (κ1) is 14.1. The molecule has 3 rings (SSSR count). The first-order valence-corrected chi connectivity index (χ1v) is 7.43. The predicted octanol–water partition coefficient (Wildman–Crippen LogP) is 3.04. The highest BCUT2D eigenvalue weighted by atomic mass is 35.5. The van der Waals surface area contributed by atoms with E-state index in [0.717, 1.165) is 12.0 Å². The minimum absolute atomic E-state index is 0.0108. The molecule has 2 aromatic rings. The van der Waals surface area contributed by atoms with E-state index in [2.05, 4.69) is 12.1 Å². The Bertz CT molecular complexity index is 654. The van der Waals surface area contributed by atoms with Crippen molar-refractivity contribution in [3.8, 4) is 0 Å². The first-order valence-electron chi connectivity index (χ1n) is 7.05. The monoisotopic (exact) mass is 300 g/mol. The number of nitrogens with two attached hydrogens (primary N) is 1. The number of rotatable bonds is 2. The van der Waals surface area contributed by atoms with Gasteiger partial charge in [-0.15, -0.1) is 0 Å². The van der Waals surface area contributed by atoms with E-state index in [1.54, 1.807) is 24.3 Å². The minimum atomic E-state index is -0.0573. The van der Waals surface area contributed by atoms with Crippen molar-refractivity contribution in [1.82, 2.24) is 4.90 Å². The molecule has 1 amide bonds. The summed E-state index contributed by atoms with van der Waals surface area (Å²) in [6, 6.07) is 15.2. The van der Waals surface area contributed by atoms with E-state index in [4.69, 9.17) is 17.3 Å². The molecule has 2 N–H and O–H groups in total. The van der Waals surface area contributed by atoms with Gasteiger partial charge in [0.25, 0.3) is 5.91 Å². The molecule has 1 aliphatic rings. The molecule has 0 saturated heterocycles. The molecule has 0 aromatic heterocycles. The van der Waals surface area contributed by atoms with Gasteiger partial charge >= 0.3 is 0 Å². The Morgan fingerprint density at radius 2 is 1.90 bits per heavy atom. The maximum atomic E-state index is 12.7. The zero-order valence-electron chi connectivity index (χ0n) is 11.6. The summed E-state index contributed by atoms with van der Waals surface area (Å²) in [7, 11) is 0. The Morgan fingerprint density at radius 1 is 1.19 bits per heavy atom. The second-order valence-electron chi connectivity index (χ2n) is 5.21. The van der Waals surface area contributed by atoms with Crippen molar-refractivity contribution in [1.29, 1.82) is 0 Å². The van der Waals surface area contributed by atoms with Gasteiger partial charge in [0.2, 0.25) is 0 Å². The molecule has 0 fully saturated rings. The summed E-state index contributed by atoms with van der Waals surface area (Å²) in [6.07, 6.45) is 0.867. The Kier molecular flexibility index (Phi) is 3.95. The highest BCUT2D eigenvalue weighted by Gasteiger charge is 2.30. The molecule has 0 spiro atoms. The summed E-state index contributed by atoms with van der Waals surface area (Å²) in [5, 5.41) is 0.630. The normalized spacial score (nSPS) is 17.4. The van der Waals surface area contributed by atoms with Gasteiger partial charge in [-0.2, -0.15) is 0 Å². The molecule has 4 heteroatoms. The Morgan fingerprint density at radius 3 is 2.62 bits per heavy atom. The molecule has 0 bridgehead atoms. The number of carbonyl (C=O) groups excluding carboxylic acids is 1. The molecule has 0 radical (unpaired) electrons. The molecular weight excluding hydrogens is 284 g/mol. The van der Waals surface area contributed by atoms with Gasteiger partial charge in [-0.3, -0.25) is 4.79 Å². The average Bonchev–Trinajstić information content (AvgIpc) is 2.53. The summed E-state index contributed by atoms with van der Waals surface area (Å²) in [4.78, 5) is 14.6. The van der Waals surface area contributed by atoms with Crippen LogP contribution in [0.3, 0.4) is 0 Å². The molecule has 2 aromatic carbocycles. The van der Waals surface area contributed by atoms with E-state index in [1.807, 2.05) is 17.0 Å². The third kappa shape index (κ3) is 2.67. The molecule has 1 aliphatic heterocycles. The predicted molar refractivity (Wildman–Crippen MR) is 84.4 cm³/mol. The number of nitrogens with zero attached hydrogens (tertiary/aromatic N) is 1. The van der Waals surface area contributed by atoms with Crippen molar-refractivity contribution in [3.05, 3.63) is 70.2 Å². The van der Waals surface area contributed by atoms with Crippen LogP contribution < -0.4 is 5.73 Å². The second kappa shape index (κ2) is 5.88. The van der Waals surface area contributed by atoms with Crippen LogP contribution in [0.1, 0.15) is 27.5 Å². The Hall–Kier alpha value is -1.84. The smallest absolute Gasteiger partial charge is 0.254 e. The Balaban J connectivity index is 1.92. The van der Waals surface area contributed by atoms with Gasteiger partial charge in [0.1, 0.15) is 0 Å². The van der Waals surface area contributed by atoms with E-state index in [0.29, 0.717) is 23.7 Å². The molecule has 0 aliphatic carbocycles. The minimum Gasteiger partial charge on any atom is -0.330 e. The second-order valence-corrected chi connectivity index (χ2v) is 5.64. The van der Waals surface area contributed by atoms with Crippen molar-refractivity contribution in [2.24, 2.45) is 5.73 Å². The number of hydrogen-bond acceptors (Lipinski definition) is 2. The number of halogens is 1. The summed E-state index contributed by atoms with van der Waals surface area (Å²) < 4.78 is 0. The summed E-state index contributed by atoms with van der Waals surface area (Å²) >= 11 is 5.88. The van der Waals surface area contributed by atoms with Gasteiger partial charge in [0.05, 0.1) is 6.04 Å². The highest BCUT2D eigenvalue weighted by molar-refractivity contribution is 6.30. The average molecular weight is 301 g/mol. The van der Waals surface area contributed by atoms with Crippen molar-refractivity contribution in [2.75, 3.05) is 13.1 Å². The highest BCUT2D eigenvalue weighted by Crippen LogP contribution is 2.30. The van der Waals surface area contributed by atoms with Crippen LogP contribution in [0.15, 0.2) is 48.5 Å². The van der Waals surface area contributed by atoms with Gasteiger partial charge < -0.3 is 10.6 Å². The van der Waals surface area contributed by atoms with Gasteiger partial charge in [-0.1, -0.05) is 35.9 Å². The topological polar surface area (TPSA) is 46.3 Å². The molecule has 1 unspecified atom stereocenters. The maximum absolute atomic E-state index is 12.7. The SMILES string of the molecule is NCC1c2ccccc2CCN1C(=O)c1ccc(Cl)cc1. The Labute approximate surface area is 129 Å². The quantitative estimate of drug-likeness (QED) is 0.926. The van der Waals surface area contributed by atoms with Crippen LogP contribution in [0.4, 0.5) is 0 Å². The van der Waals surface area contributed by atoms with Gasteiger partial charge in [-0.25, -0.2) is 0 Å². The van der Waals surface area contributed by atoms with Crippen LogP contribution >= 0.6 is 11.6 Å². The van der Waals surface area contributed by atoms with E-state index < -0.39 is 0 Å². The van der Waals surface area contributed by atoms with Gasteiger partial charge in [0.15, 0.2) is 0 Å². The molecule has 1 heterocycles. The fourth-order valence-corrected chi connectivity index (χ4v) is 3.03. The fraction of sp³-hybridized carbons (Fsp3) is 0.235. The van der Waals surface area contributed by atoms with Crippen molar-refractivity contribution in [3.63, 3.8) is 0 Å². The van der Waals surface area contributed by atoms with Crippen molar-refractivity contribution in [2.45, 2.75) is 12.5 Å². The maximum Gasteiger partial charge on any atom is 0.254 e. The number of carbonyl (C=O) groups is 1. The lowest BCUT2D eigenvalue weighted by molar-refractivity contribution is 0.0668. The number of benzene rings is 2. The number of fused-ring (bicyclic) bond motifs is 1. The lowest BCUT2D eigenvalue weighted by Gasteiger charge is -2.36. The van der Waals surface area contributed by atoms with Crippen LogP contribution in [0.2, 0.25) is 5.02 Å². The lowest BCUT2D eigenvalue weighted by Crippen LogP contribution is -2.43. The summed E-state index contributed by atoms with van der Waals surface area (Å²) in [6.45, 7) is 1.12. The first-order chi connectivity index (χ1) is 10.2. The van der Waals surface area contributed by atoms with Crippen LogP contribution in [0, 0.1) is 0 Å².